The van der Waals surface area contributed by atoms with Crippen molar-refractivity contribution in [2.45, 2.75) is 122 Å². The maximum atomic E-state index is 12.2. The average Bonchev–Trinajstić information content (AvgIpc) is 3.48. The van der Waals surface area contributed by atoms with E-state index in [1.54, 1.807) is 4.57 Å². The number of allylic oxidation sites excluding steroid dienone is 2. The molecule has 0 unspecified atom stereocenters. The number of anilines is 1. The van der Waals surface area contributed by atoms with Crippen LogP contribution in [0.25, 0.3) is 11.2 Å². The summed E-state index contributed by atoms with van der Waals surface area (Å²) in [6.07, 6.45) is 20.7. The molecule has 9 nitrogen and oxygen atoms in total. The minimum atomic E-state index is -0.778. The lowest BCUT2D eigenvalue weighted by atomic mass is 10.1. The summed E-state index contributed by atoms with van der Waals surface area (Å²) < 4.78 is 13.0. The summed E-state index contributed by atoms with van der Waals surface area (Å²) in [4.78, 5) is 24.5. The number of hydrogen-bond acceptors (Lipinski definition) is 8. The van der Waals surface area contributed by atoms with Crippen molar-refractivity contribution in [3.63, 3.8) is 0 Å². The molecule has 1 aliphatic heterocycles. The Bertz CT molecular complexity index is 1010. The van der Waals surface area contributed by atoms with Crippen LogP contribution < -0.4 is 5.73 Å². The molecule has 38 heavy (non-hydrogen) atoms. The highest BCUT2D eigenvalue weighted by Crippen LogP contribution is 2.32. The Morgan fingerprint density at radius 3 is 2.47 bits per heavy atom. The number of aromatic nitrogens is 4. The summed E-state index contributed by atoms with van der Waals surface area (Å²) in [5.41, 5.74) is 6.71. The first-order valence-corrected chi connectivity index (χ1v) is 14.7. The van der Waals surface area contributed by atoms with Crippen molar-refractivity contribution in [3.05, 3.63) is 23.8 Å². The van der Waals surface area contributed by atoms with E-state index in [9.17, 15) is 9.90 Å². The number of nitrogens with two attached hydrogens (primary N) is 1. The number of nitrogens with zero attached hydrogens (tertiary/aromatic N) is 4. The summed E-state index contributed by atoms with van der Waals surface area (Å²) in [6, 6.07) is 0. The molecule has 212 valence electrons. The SMILES string of the molecule is CCCCCCCC/C=C/CCCCCCCC(=O)OC[C@H]1O[C@@H](n2cnc3c(N)nc(Cl)nc32)C[C@@H]1O. The third kappa shape index (κ3) is 9.82. The molecule has 10 heteroatoms. The maximum Gasteiger partial charge on any atom is 0.305 e. The molecule has 1 saturated heterocycles. The van der Waals surface area contributed by atoms with Gasteiger partial charge in [-0.15, -0.1) is 0 Å². The first-order valence-electron chi connectivity index (χ1n) is 14.3. The number of esters is 1. The molecule has 3 heterocycles. The zero-order valence-electron chi connectivity index (χ0n) is 22.7. The summed E-state index contributed by atoms with van der Waals surface area (Å²) in [5.74, 6) is -0.0827. The number of imidazole rings is 1. The van der Waals surface area contributed by atoms with Crippen molar-refractivity contribution >= 4 is 34.6 Å². The van der Waals surface area contributed by atoms with Crippen LogP contribution in [0.15, 0.2) is 18.5 Å². The second-order valence-corrected chi connectivity index (χ2v) is 10.5. The standard InChI is InChI=1S/C28H44ClN5O4/c1-2-3-4-5-6-7-8-9-10-11-12-13-14-15-16-17-24(36)37-19-22-21(35)18-23(38-22)34-20-31-25-26(30)32-28(29)33-27(25)34/h9-10,20-23,35H,2-8,11-19H2,1H3,(H2,30,32,33)/b10-9+/t21-,22+,23+/m0/s1. The Morgan fingerprint density at radius 1 is 1.11 bits per heavy atom. The van der Waals surface area contributed by atoms with Crippen molar-refractivity contribution in [3.8, 4) is 0 Å². The zero-order chi connectivity index (χ0) is 27.2. The van der Waals surface area contributed by atoms with Gasteiger partial charge in [0.25, 0.3) is 0 Å². The first kappa shape index (κ1) is 30.3. The van der Waals surface area contributed by atoms with E-state index in [0.717, 1.165) is 25.7 Å². The Labute approximate surface area is 231 Å². The van der Waals surface area contributed by atoms with Crippen molar-refractivity contribution < 1.29 is 19.4 Å². The van der Waals surface area contributed by atoms with Gasteiger partial charge < -0.3 is 20.3 Å². The summed E-state index contributed by atoms with van der Waals surface area (Å²) in [7, 11) is 0. The number of aliphatic hydroxyl groups is 1. The zero-order valence-corrected chi connectivity index (χ0v) is 23.4. The van der Waals surface area contributed by atoms with E-state index in [2.05, 4.69) is 34.0 Å². The number of hydrogen-bond donors (Lipinski definition) is 2. The van der Waals surface area contributed by atoms with Crippen molar-refractivity contribution in [2.75, 3.05) is 12.3 Å². The Hall–Kier alpha value is -2.23. The van der Waals surface area contributed by atoms with Gasteiger partial charge in [-0.3, -0.25) is 9.36 Å². The van der Waals surface area contributed by atoms with Crippen LogP contribution in [0.3, 0.4) is 0 Å². The second kappa shape index (κ2) is 16.7. The summed E-state index contributed by atoms with van der Waals surface area (Å²) >= 11 is 5.93. The van der Waals surface area contributed by atoms with Crippen LogP contribution in [-0.4, -0.2) is 49.4 Å². The van der Waals surface area contributed by atoms with E-state index < -0.39 is 18.4 Å². The smallest absolute Gasteiger partial charge is 0.305 e. The van der Waals surface area contributed by atoms with Gasteiger partial charge in [0.1, 0.15) is 24.5 Å². The van der Waals surface area contributed by atoms with Crippen LogP contribution in [-0.2, 0) is 14.3 Å². The fourth-order valence-corrected chi connectivity index (χ4v) is 4.92. The third-order valence-corrected chi connectivity index (χ3v) is 7.16. The fraction of sp³-hybridized carbons (Fsp3) is 0.714. The number of unbranched alkanes of at least 4 members (excludes halogenated alkanes) is 11. The number of carbonyl (C=O) groups is 1. The molecule has 1 aliphatic rings. The number of carbonyl (C=O) groups excluding carboxylic acids is 1. The third-order valence-electron chi connectivity index (χ3n) is 6.99. The van der Waals surface area contributed by atoms with E-state index in [0.29, 0.717) is 24.0 Å². The minimum absolute atomic E-state index is 0.00604. The molecule has 0 amide bonds. The summed E-state index contributed by atoms with van der Waals surface area (Å²) in [6.45, 7) is 2.26. The molecule has 3 N–H and O–H groups in total. The Balaban J connectivity index is 1.22. The molecule has 0 spiro atoms. The van der Waals surface area contributed by atoms with Gasteiger partial charge >= 0.3 is 5.97 Å². The Morgan fingerprint density at radius 2 is 1.76 bits per heavy atom. The number of rotatable bonds is 18. The highest BCUT2D eigenvalue weighted by atomic mass is 35.5. The fourth-order valence-electron chi connectivity index (χ4n) is 4.74. The lowest BCUT2D eigenvalue weighted by molar-refractivity contribution is -0.150. The largest absolute Gasteiger partial charge is 0.463 e. The summed E-state index contributed by atoms with van der Waals surface area (Å²) in [5, 5.41) is 10.4. The van der Waals surface area contributed by atoms with Crippen LogP contribution in [0, 0.1) is 0 Å². The molecule has 1 fully saturated rings. The van der Waals surface area contributed by atoms with Crippen molar-refractivity contribution in [1.29, 1.82) is 0 Å². The molecule has 2 aromatic rings. The molecule has 0 bridgehead atoms. The predicted octanol–water partition coefficient (Wildman–Crippen LogP) is 6.29. The quantitative estimate of drug-likeness (QED) is 0.0961. The van der Waals surface area contributed by atoms with E-state index in [-0.39, 0.29) is 23.7 Å². The van der Waals surface area contributed by atoms with Gasteiger partial charge in [0.2, 0.25) is 5.28 Å². The lowest BCUT2D eigenvalue weighted by Crippen LogP contribution is -2.27. The van der Waals surface area contributed by atoms with Gasteiger partial charge in [-0.2, -0.15) is 9.97 Å². The molecule has 0 aromatic carbocycles. The molecule has 0 aliphatic carbocycles. The number of aliphatic hydroxyl groups excluding tert-OH is 1. The van der Waals surface area contributed by atoms with Gasteiger partial charge in [-0.05, 0) is 43.7 Å². The van der Waals surface area contributed by atoms with Gasteiger partial charge in [0.15, 0.2) is 11.5 Å². The maximum absolute atomic E-state index is 12.2. The van der Waals surface area contributed by atoms with Gasteiger partial charge in [0, 0.05) is 12.8 Å². The van der Waals surface area contributed by atoms with Crippen LogP contribution >= 0.6 is 11.6 Å². The van der Waals surface area contributed by atoms with Crippen molar-refractivity contribution in [1.82, 2.24) is 19.5 Å². The second-order valence-electron chi connectivity index (χ2n) is 10.2. The molecule has 0 radical (unpaired) electrons. The van der Waals surface area contributed by atoms with E-state index in [4.69, 9.17) is 26.8 Å². The van der Waals surface area contributed by atoms with E-state index in [1.165, 1.54) is 64.1 Å². The average molecular weight is 550 g/mol. The monoisotopic (exact) mass is 549 g/mol. The normalized spacial score (nSPS) is 19.6. The minimum Gasteiger partial charge on any atom is -0.463 e. The highest BCUT2D eigenvalue weighted by Gasteiger charge is 2.36. The topological polar surface area (TPSA) is 125 Å². The van der Waals surface area contributed by atoms with Crippen molar-refractivity contribution in [2.24, 2.45) is 0 Å². The Kier molecular flexibility index (Phi) is 13.3. The number of halogens is 1. The van der Waals surface area contributed by atoms with Crippen LogP contribution in [0.2, 0.25) is 5.28 Å². The number of fused-ring (bicyclic) bond motifs is 1. The van der Waals surface area contributed by atoms with Crippen LogP contribution in [0.1, 0.15) is 109 Å². The van der Waals surface area contributed by atoms with Gasteiger partial charge in [-0.1, -0.05) is 70.4 Å². The molecule has 2 aromatic heterocycles. The molecular formula is C28H44ClN5O4. The van der Waals surface area contributed by atoms with Gasteiger partial charge in [-0.25, -0.2) is 4.98 Å². The molecule has 0 saturated carbocycles. The molecule has 3 atom stereocenters. The van der Waals surface area contributed by atoms with Gasteiger partial charge in [0.05, 0.1) is 12.4 Å². The van der Waals surface area contributed by atoms with E-state index >= 15 is 0 Å². The number of nitrogen functional groups attached to an aromatic ring is 1. The number of ether oxygens (including phenoxy) is 2. The van der Waals surface area contributed by atoms with Crippen LogP contribution in [0.4, 0.5) is 5.82 Å². The lowest BCUT2D eigenvalue weighted by Gasteiger charge is -2.16. The molecular weight excluding hydrogens is 506 g/mol. The highest BCUT2D eigenvalue weighted by molar-refractivity contribution is 6.28. The van der Waals surface area contributed by atoms with E-state index in [1.807, 2.05) is 0 Å². The first-order chi connectivity index (χ1) is 18.5. The molecule has 3 rings (SSSR count). The van der Waals surface area contributed by atoms with Crippen LogP contribution in [0.5, 0.6) is 0 Å². The predicted molar refractivity (Wildman–Crippen MR) is 150 cm³/mol.